The lowest BCUT2D eigenvalue weighted by Crippen LogP contribution is -2.14. The Morgan fingerprint density at radius 3 is 2.78 bits per heavy atom. The van der Waals surface area contributed by atoms with E-state index >= 15 is 0 Å². The van der Waals surface area contributed by atoms with Gasteiger partial charge < -0.3 is 9.47 Å². The highest BCUT2D eigenvalue weighted by Crippen LogP contribution is 2.27. The van der Waals surface area contributed by atoms with Crippen molar-refractivity contribution >= 4 is 33.7 Å². The van der Waals surface area contributed by atoms with Gasteiger partial charge in [-0.2, -0.15) is 11.8 Å². The molecule has 0 aliphatic heterocycles. The molecule has 1 atom stereocenters. The summed E-state index contributed by atoms with van der Waals surface area (Å²) in [5.74, 6) is 2.17. The van der Waals surface area contributed by atoms with E-state index in [1.54, 1.807) is 18.9 Å². The predicted octanol–water partition coefficient (Wildman–Crippen LogP) is 3.50. The fourth-order valence-corrected chi connectivity index (χ4v) is 2.94. The first-order valence-corrected chi connectivity index (χ1v) is 7.51. The first kappa shape index (κ1) is 15.4. The molecule has 0 aromatic heterocycles. The Balaban J connectivity index is 2.53. The van der Waals surface area contributed by atoms with Crippen molar-refractivity contribution in [1.29, 1.82) is 0 Å². The molecule has 0 radical (unpaired) electrons. The molecule has 0 spiro atoms. The summed E-state index contributed by atoms with van der Waals surface area (Å²) in [5.41, 5.74) is 1.12. The number of hydrogen-bond acceptors (Lipinski definition) is 4. The van der Waals surface area contributed by atoms with Gasteiger partial charge in [-0.25, -0.2) is 0 Å². The zero-order chi connectivity index (χ0) is 13.5. The van der Waals surface area contributed by atoms with E-state index in [4.69, 9.17) is 9.47 Å². The van der Waals surface area contributed by atoms with Gasteiger partial charge >= 0.3 is 5.97 Å². The van der Waals surface area contributed by atoms with Crippen LogP contribution in [0.1, 0.15) is 12.5 Å². The van der Waals surface area contributed by atoms with Crippen molar-refractivity contribution < 1.29 is 14.3 Å². The van der Waals surface area contributed by atoms with Crippen LogP contribution >= 0.6 is 27.7 Å². The monoisotopic (exact) mass is 332 g/mol. The van der Waals surface area contributed by atoms with Crippen LogP contribution < -0.4 is 4.74 Å². The van der Waals surface area contributed by atoms with E-state index in [9.17, 15) is 4.79 Å². The fraction of sp³-hybridized carbons (Fsp3) is 0.462. The van der Waals surface area contributed by atoms with Crippen LogP contribution in [0.25, 0.3) is 0 Å². The number of hydrogen-bond donors (Lipinski definition) is 0. The third-order valence-corrected chi connectivity index (χ3v) is 4.22. The Morgan fingerprint density at radius 1 is 1.44 bits per heavy atom. The average Bonchev–Trinajstić information content (AvgIpc) is 2.38. The molecular weight excluding hydrogens is 316 g/mol. The largest absolute Gasteiger partial charge is 0.496 e. The van der Waals surface area contributed by atoms with E-state index in [1.165, 1.54) is 7.11 Å². The number of carbonyl (C=O) groups excluding carboxylic acids is 1. The van der Waals surface area contributed by atoms with Gasteiger partial charge in [0.2, 0.25) is 0 Å². The lowest BCUT2D eigenvalue weighted by Gasteiger charge is -2.11. The van der Waals surface area contributed by atoms with Gasteiger partial charge in [0.15, 0.2) is 0 Å². The van der Waals surface area contributed by atoms with E-state index in [-0.39, 0.29) is 11.9 Å². The Kier molecular flexibility index (Phi) is 6.57. The van der Waals surface area contributed by atoms with Gasteiger partial charge in [-0.15, -0.1) is 0 Å². The molecule has 0 aliphatic carbocycles. The molecule has 0 heterocycles. The number of benzene rings is 1. The maximum absolute atomic E-state index is 11.3. The first-order valence-electron chi connectivity index (χ1n) is 5.56. The lowest BCUT2D eigenvalue weighted by atomic mass is 10.2. The minimum atomic E-state index is -0.163. The molecular formula is C13H17BrO3S. The summed E-state index contributed by atoms with van der Waals surface area (Å²) < 4.78 is 11.0. The molecule has 0 bridgehead atoms. The van der Waals surface area contributed by atoms with Crippen molar-refractivity contribution in [3.05, 3.63) is 28.2 Å². The number of carbonyl (C=O) groups is 1. The fourth-order valence-electron chi connectivity index (χ4n) is 1.47. The van der Waals surface area contributed by atoms with Crippen molar-refractivity contribution in [3.8, 4) is 5.75 Å². The zero-order valence-corrected chi connectivity index (χ0v) is 13.1. The summed E-state index contributed by atoms with van der Waals surface area (Å²) in [6.07, 6.45) is 0. The summed E-state index contributed by atoms with van der Waals surface area (Å²) in [6, 6.07) is 5.92. The molecule has 1 unspecified atom stereocenters. The van der Waals surface area contributed by atoms with Gasteiger partial charge in [0.05, 0.1) is 20.1 Å². The van der Waals surface area contributed by atoms with Gasteiger partial charge in [-0.1, -0.05) is 22.9 Å². The standard InChI is InChI=1S/C13H17BrO3S/c1-9(13(15)17-3)7-18-8-10-6-11(14)4-5-12(10)16-2/h4-6,9H,7-8H2,1-3H3. The van der Waals surface area contributed by atoms with Gasteiger partial charge in [0, 0.05) is 21.5 Å². The van der Waals surface area contributed by atoms with Crippen LogP contribution in [0.5, 0.6) is 5.75 Å². The molecule has 3 nitrogen and oxygen atoms in total. The SMILES string of the molecule is COC(=O)C(C)CSCc1cc(Br)ccc1OC. The zero-order valence-electron chi connectivity index (χ0n) is 10.7. The molecule has 100 valence electrons. The number of halogens is 1. The van der Waals surface area contributed by atoms with Crippen molar-refractivity contribution in [3.63, 3.8) is 0 Å². The predicted molar refractivity (Wildman–Crippen MR) is 78.0 cm³/mol. The minimum Gasteiger partial charge on any atom is -0.496 e. The molecule has 0 saturated carbocycles. The van der Waals surface area contributed by atoms with E-state index in [2.05, 4.69) is 15.9 Å². The highest BCUT2D eigenvalue weighted by Gasteiger charge is 2.13. The molecule has 0 fully saturated rings. The third-order valence-electron chi connectivity index (χ3n) is 2.47. The molecule has 0 amide bonds. The summed E-state index contributed by atoms with van der Waals surface area (Å²) in [4.78, 5) is 11.3. The van der Waals surface area contributed by atoms with E-state index in [0.717, 1.165) is 27.3 Å². The van der Waals surface area contributed by atoms with Crippen LogP contribution in [0.15, 0.2) is 22.7 Å². The average molecular weight is 333 g/mol. The van der Waals surface area contributed by atoms with Crippen LogP contribution in [0.2, 0.25) is 0 Å². The number of thioether (sulfide) groups is 1. The van der Waals surface area contributed by atoms with Crippen LogP contribution in [0.4, 0.5) is 0 Å². The second-order valence-electron chi connectivity index (χ2n) is 3.90. The summed E-state index contributed by atoms with van der Waals surface area (Å²) in [6.45, 7) is 1.87. The third kappa shape index (κ3) is 4.53. The summed E-state index contributed by atoms with van der Waals surface area (Å²) in [7, 11) is 3.08. The minimum absolute atomic E-state index is 0.0850. The molecule has 0 aliphatic rings. The topological polar surface area (TPSA) is 35.5 Å². The quantitative estimate of drug-likeness (QED) is 0.747. The molecule has 1 aromatic rings. The highest BCUT2D eigenvalue weighted by atomic mass is 79.9. The molecule has 0 saturated heterocycles. The number of ether oxygens (including phenoxy) is 2. The maximum Gasteiger partial charge on any atom is 0.309 e. The molecule has 5 heteroatoms. The van der Waals surface area contributed by atoms with Crippen molar-refractivity contribution in [2.75, 3.05) is 20.0 Å². The van der Waals surface area contributed by atoms with Gasteiger partial charge in [-0.05, 0) is 18.2 Å². The van der Waals surface area contributed by atoms with E-state index in [1.807, 2.05) is 25.1 Å². The lowest BCUT2D eigenvalue weighted by molar-refractivity contribution is -0.143. The second kappa shape index (κ2) is 7.69. The first-order chi connectivity index (χ1) is 8.58. The van der Waals surface area contributed by atoms with Crippen molar-refractivity contribution in [1.82, 2.24) is 0 Å². The normalized spacial score (nSPS) is 12.0. The van der Waals surface area contributed by atoms with Crippen molar-refractivity contribution in [2.24, 2.45) is 5.92 Å². The Labute approximate surface area is 120 Å². The molecule has 0 N–H and O–H groups in total. The number of methoxy groups -OCH3 is 2. The number of esters is 1. The van der Waals surface area contributed by atoms with Crippen LogP contribution in [-0.2, 0) is 15.3 Å². The van der Waals surface area contributed by atoms with Gasteiger partial charge in [-0.3, -0.25) is 4.79 Å². The Morgan fingerprint density at radius 2 is 2.17 bits per heavy atom. The highest BCUT2D eigenvalue weighted by molar-refractivity contribution is 9.10. The van der Waals surface area contributed by atoms with E-state index in [0.29, 0.717) is 0 Å². The van der Waals surface area contributed by atoms with Crippen LogP contribution in [0.3, 0.4) is 0 Å². The Hall–Kier alpha value is -0.680. The van der Waals surface area contributed by atoms with Crippen LogP contribution in [0, 0.1) is 5.92 Å². The summed E-state index contributed by atoms with van der Waals surface area (Å²) in [5, 5.41) is 0. The molecule has 1 rings (SSSR count). The smallest absolute Gasteiger partial charge is 0.309 e. The maximum atomic E-state index is 11.3. The second-order valence-corrected chi connectivity index (χ2v) is 5.84. The van der Waals surface area contributed by atoms with Crippen molar-refractivity contribution in [2.45, 2.75) is 12.7 Å². The summed E-state index contributed by atoms with van der Waals surface area (Å²) >= 11 is 5.14. The van der Waals surface area contributed by atoms with Gasteiger partial charge in [0.1, 0.15) is 5.75 Å². The van der Waals surface area contributed by atoms with E-state index < -0.39 is 0 Å². The molecule has 1 aromatic carbocycles. The Bertz CT molecular complexity index is 409. The number of rotatable bonds is 6. The van der Waals surface area contributed by atoms with Gasteiger partial charge in [0.25, 0.3) is 0 Å². The molecule has 18 heavy (non-hydrogen) atoms. The van der Waals surface area contributed by atoms with Crippen LogP contribution in [-0.4, -0.2) is 25.9 Å².